The molecule has 4 rings (SSSR count). The SMILES string of the molecule is Cc1ccc(OCc2ccc(C(=O)NCCCn3nc(C(F)(F)F)cc3C3CC3)o2)cc1C. The molecule has 1 aliphatic carbocycles. The Balaban J connectivity index is 1.25. The van der Waals surface area contributed by atoms with Gasteiger partial charge in [-0.3, -0.25) is 9.48 Å². The van der Waals surface area contributed by atoms with Crippen molar-refractivity contribution in [2.24, 2.45) is 0 Å². The molecule has 1 aliphatic rings. The van der Waals surface area contributed by atoms with E-state index in [0.717, 1.165) is 30.2 Å². The molecule has 0 spiro atoms. The molecule has 2 aromatic heterocycles. The van der Waals surface area contributed by atoms with Crippen molar-refractivity contribution in [1.82, 2.24) is 15.1 Å². The van der Waals surface area contributed by atoms with Gasteiger partial charge in [-0.15, -0.1) is 0 Å². The maximum atomic E-state index is 13.0. The zero-order chi connectivity index (χ0) is 23.6. The van der Waals surface area contributed by atoms with E-state index >= 15 is 0 Å². The predicted molar refractivity (Wildman–Crippen MR) is 115 cm³/mol. The summed E-state index contributed by atoms with van der Waals surface area (Å²) in [7, 11) is 0. The van der Waals surface area contributed by atoms with Gasteiger partial charge in [0.25, 0.3) is 5.91 Å². The number of benzene rings is 1. The van der Waals surface area contributed by atoms with Crippen LogP contribution in [0.2, 0.25) is 0 Å². The first-order valence-corrected chi connectivity index (χ1v) is 10.9. The Labute approximate surface area is 189 Å². The van der Waals surface area contributed by atoms with Crippen molar-refractivity contribution in [1.29, 1.82) is 0 Å². The van der Waals surface area contributed by atoms with Crippen LogP contribution in [0.5, 0.6) is 5.75 Å². The van der Waals surface area contributed by atoms with Crippen LogP contribution in [0.1, 0.15) is 64.0 Å². The molecule has 6 nitrogen and oxygen atoms in total. The Hall–Kier alpha value is -3.23. The van der Waals surface area contributed by atoms with E-state index < -0.39 is 11.9 Å². The van der Waals surface area contributed by atoms with Crippen molar-refractivity contribution in [2.75, 3.05) is 6.54 Å². The number of amides is 1. The van der Waals surface area contributed by atoms with Crippen molar-refractivity contribution >= 4 is 5.91 Å². The van der Waals surface area contributed by atoms with E-state index in [-0.39, 0.29) is 24.2 Å². The molecule has 0 bridgehead atoms. The van der Waals surface area contributed by atoms with Crippen LogP contribution in [-0.2, 0) is 19.3 Å². The van der Waals surface area contributed by atoms with Gasteiger partial charge in [-0.05, 0) is 74.6 Å². The molecule has 9 heteroatoms. The summed E-state index contributed by atoms with van der Waals surface area (Å²) in [5.74, 6) is 1.16. The highest BCUT2D eigenvalue weighted by Gasteiger charge is 2.37. The minimum atomic E-state index is -4.46. The molecule has 1 aromatic carbocycles. The molecular weight excluding hydrogens is 435 g/mol. The van der Waals surface area contributed by atoms with E-state index in [0.29, 0.717) is 31.0 Å². The number of alkyl halides is 3. The lowest BCUT2D eigenvalue weighted by Crippen LogP contribution is -2.25. The van der Waals surface area contributed by atoms with Gasteiger partial charge >= 0.3 is 6.18 Å². The number of aromatic nitrogens is 2. The van der Waals surface area contributed by atoms with Crippen LogP contribution in [0.25, 0.3) is 0 Å². The number of ether oxygens (including phenoxy) is 1. The van der Waals surface area contributed by atoms with Crippen LogP contribution in [0, 0.1) is 13.8 Å². The van der Waals surface area contributed by atoms with Crippen molar-refractivity contribution in [3.8, 4) is 5.75 Å². The smallest absolute Gasteiger partial charge is 0.435 e. The van der Waals surface area contributed by atoms with Gasteiger partial charge < -0.3 is 14.5 Å². The number of hydrogen-bond acceptors (Lipinski definition) is 4. The number of halogens is 3. The molecule has 2 heterocycles. The summed E-state index contributed by atoms with van der Waals surface area (Å²) in [5.41, 5.74) is 2.06. The molecule has 3 aromatic rings. The summed E-state index contributed by atoms with van der Waals surface area (Å²) >= 11 is 0. The Morgan fingerprint density at radius 1 is 1.18 bits per heavy atom. The lowest BCUT2D eigenvalue weighted by Gasteiger charge is -2.08. The maximum absolute atomic E-state index is 13.0. The molecule has 1 saturated carbocycles. The lowest BCUT2D eigenvalue weighted by atomic mass is 10.1. The second-order valence-electron chi connectivity index (χ2n) is 8.36. The first-order valence-electron chi connectivity index (χ1n) is 10.9. The number of rotatable bonds is 9. The van der Waals surface area contributed by atoms with Crippen LogP contribution in [0.3, 0.4) is 0 Å². The van der Waals surface area contributed by atoms with Crippen LogP contribution < -0.4 is 10.1 Å². The molecule has 1 fully saturated rings. The standard InChI is InChI=1S/C24H26F3N3O3/c1-15-4-7-18(12-16(15)2)32-14-19-8-9-21(33-19)23(31)28-10-3-11-30-20(17-5-6-17)13-22(29-30)24(25,26)27/h4,7-9,12-13,17H,3,5-6,10-11,14H2,1-2H3,(H,28,31). The first-order chi connectivity index (χ1) is 15.7. The number of carbonyl (C=O) groups excluding carboxylic acids is 1. The van der Waals surface area contributed by atoms with Gasteiger partial charge in [0.05, 0.1) is 0 Å². The fourth-order valence-electron chi connectivity index (χ4n) is 3.51. The van der Waals surface area contributed by atoms with Crippen molar-refractivity contribution < 1.29 is 27.1 Å². The van der Waals surface area contributed by atoms with E-state index in [9.17, 15) is 18.0 Å². The number of hydrogen-bond donors (Lipinski definition) is 1. The summed E-state index contributed by atoms with van der Waals surface area (Å²) in [4.78, 5) is 12.3. The Morgan fingerprint density at radius 3 is 2.67 bits per heavy atom. The predicted octanol–water partition coefficient (Wildman–Crippen LogP) is 5.39. The van der Waals surface area contributed by atoms with Gasteiger partial charge in [-0.25, -0.2) is 0 Å². The van der Waals surface area contributed by atoms with Gasteiger partial charge in [0.2, 0.25) is 0 Å². The number of nitrogens with zero attached hydrogens (tertiary/aromatic N) is 2. The quantitative estimate of drug-likeness (QED) is 0.434. The minimum Gasteiger partial charge on any atom is -0.486 e. The Bertz CT molecular complexity index is 1130. The largest absolute Gasteiger partial charge is 0.486 e. The fourth-order valence-corrected chi connectivity index (χ4v) is 3.51. The second-order valence-corrected chi connectivity index (χ2v) is 8.36. The topological polar surface area (TPSA) is 69.3 Å². The van der Waals surface area contributed by atoms with Gasteiger partial charge in [0, 0.05) is 24.7 Å². The summed E-state index contributed by atoms with van der Waals surface area (Å²) in [6.45, 7) is 4.82. The maximum Gasteiger partial charge on any atom is 0.435 e. The molecule has 0 unspecified atom stereocenters. The molecule has 1 amide bonds. The lowest BCUT2D eigenvalue weighted by molar-refractivity contribution is -0.141. The third kappa shape index (κ3) is 5.77. The summed E-state index contributed by atoms with van der Waals surface area (Å²) in [5, 5.41) is 6.46. The van der Waals surface area contributed by atoms with E-state index in [1.807, 2.05) is 32.0 Å². The monoisotopic (exact) mass is 461 g/mol. The first kappa shape index (κ1) is 22.9. The van der Waals surface area contributed by atoms with Crippen LogP contribution >= 0.6 is 0 Å². The van der Waals surface area contributed by atoms with Crippen LogP contribution in [0.15, 0.2) is 40.8 Å². The average Bonchev–Trinajstić information content (AvgIpc) is 3.32. The molecule has 0 atom stereocenters. The third-order valence-corrected chi connectivity index (χ3v) is 5.67. The highest BCUT2D eigenvalue weighted by Crippen LogP contribution is 2.42. The number of furan rings is 1. The highest BCUT2D eigenvalue weighted by molar-refractivity contribution is 5.91. The molecule has 0 saturated heterocycles. The zero-order valence-electron chi connectivity index (χ0n) is 18.5. The zero-order valence-corrected chi connectivity index (χ0v) is 18.5. The average molecular weight is 461 g/mol. The van der Waals surface area contributed by atoms with Crippen LogP contribution in [0.4, 0.5) is 13.2 Å². The Morgan fingerprint density at radius 2 is 1.97 bits per heavy atom. The molecule has 0 aliphatic heterocycles. The molecule has 0 radical (unpaired) electrons. The molecular formula is C24H26F3N3O3. The third-order valence-electron chi connectivity index (χ3n) is 5.67. The van der Waals surface area contributed by atoms with E-state index in [1.54, 1.807) is 12.1 Å². The molecule has 33 heavy (non-hydrogen) atoms. The molecule has 1 N–H and O–H groups in total. The van der Waals surface area contributed by atoms with Crippen molar-refractivity contribution in [2.45, 2.75) is 58.4 Å². The van der Waals surface area contributed by atoms with E-state index in [1.165, 1.54) is 10.2 Å². The normalized spacial score (nSPS) is 13.8. The highest BCUT2D eigenvalue weighted by atomic mass is 19.4. The summed E-state index contributed by atoms with van der Waals surface area (Å²) in [6, 6.07) is 10.2. The number of aryl methyl sites for hydroxylation is 3. The van der Waals surface area contributed by atoms with Gasteiger partial charge in [-0.1, -0.05) is 6.07 Å². The van der Waals surface area contributed by atoms with Gasteiger partial charge in [0.1, 0.15) is 18.1 Å². The van der Waals surface area contributed by atoms with E-state index in [4.69, 9.17) is 9.15 Å². The van der Waals surface area contributed by atoms with Crippen molar-refractivity contribution in [3.63, 3.8) is 0 Å². The molecule has 176 valence electrons. The second kappa shape index (κ2) is 9.33. The van der Waals surface area contributed by atoms with Crippen molar-refractivity contribution in [3.05, 3.63) is 70.4 Å². The van der Waals surface area contributed by atoms with E-state index in [2.05, 4.69) is 10.4 Å². The Kier molecular flexibility index (Phi) is 6.49. The minimum absolute atomic E-state index is 0.149. The van der Waals surface area contributed by atoms with Gasteiger partial charge in [0.15, 0.2) is 11.5 Å². The summed E-state index contributed by atoms with van der Waals surface area (Å²) < 4.78 is 51.6. The van der Waals surface area contributed by atoms with Crippen LogP contribution in [-0.4, -0.2) is 22.2 Å². The number of nitrogens with one attached hydrogen (secondary N) is 1. The number of carbonyl (C=O) groups is 1. The fraction of sp³-hybridized carbons (Fsp3) is 0.417. The summed E-state index contributed by atoms with van der Waals surface area (Å²) in [6.07, 6.45) is -2.24. The van der Waals surface area contributed by atoms with Gasteiger partial charge in [-0.2, -0.15) is 18.3 Å².